The number of hydrogen-bond donors (Lipinski definition) is 1. The van der Waals surface area contributed by atoms with Crippen LogP contribution < -0.4 is 14.8 Å². The van der Waals surface area contributed by atoms with Gasteiger partial charge < -0.3 is 14.8 Å². The number of hydrogen-bond acceptors (Lipinski definition) is 5. The van der Waals surface area contributed by atoms with Gasteiger partial charge in [0.05, 0.1) is 4.90 Å². The Morgan fingerprint density at radius 3 is 2.55 bits per heavy atom. The van der Waals surface area contributed by atoms with E-state index in [1.54, 1.807) is 28.6 Å². The van der Waals surface area contributed by atoms with Gasteiger partial charge in [-0.25, -0.2) is 8.42 Å². The largest absolute Gasteiger partial charge is 0.485 e. The molecular weight excluding hydrogens is 392 g/mol. The number of nitrogens with one attached hydrogen (secondary N) is 1. The van der Waals surface area contributed by atoms with Gasteiger partial charge in [-0.15, -0.1) is 0 Å². The Labute approximate surface area is 170 Å². The molecule has 1 saturated heterocycles. The van der Waals surface area contributed by atoms with Crippen molar-refractivity contribution < 1.29 is 22.7 Å². The standard InChI is InChI=1S/C21H24N2O5S/c1-15-5-4-12-23(13-15)29(25,26)17-10-8-16(9-11-17)22-21(24)20-14-27-18-6-2-3-7-19(18)28-20/h2-3,6-11,15,20H,4-5,12-14H2,1H3,(H,22,24)/t15-,20+/m0/s1. The second-order valence-corrected chi connectivity index (χ2v) is 9.43. The molecule has 2 heterocycles. The SMILES string of the molecule is C[C@H]1CCCN(S(=O)(=O)c2ccc(NC(=O)[C@H]3COc4ccccc4O3)cc2)C1. The van der Waals surface area contributed by atoms with Crippen LogP contribution in [0.4, 0.5) is 5.69 Å². The van der Waals surface area contributed by atoms with Crippen LogP contribution >= 0.6 is 0 Å². The first-order chi connectivity index (χ1) is 13.9. The molecule has 2 aliphatic heterocycles. The average Bonchev–Trinajstić information content (AvgIpc) is 2.74. The smallest absolute Gasteiger partial charge is 0.269 e. The highest BCUT2D eigenvalue weighted by Crippen LogP contribution is 2.31. The number of piperidine rings is 1. The first-order valence-corrected chi connectivity index (χ1v) is 11.2. The molecule has 1 amide bonds. The summed E-state index contributed by atoms with van der Waals surface area (Å²) < 4.78 is 38.5. The number of carbonyl (C=O) groups excluding carboxylic acids is 1. The van der Waals surface area contributed by atoms with E-state index in [4.69, 9.17) is 9.47 Å². The van der Waals surface area contributed by atoms with E-state index in [1.807, 2.05) is 12.1 Å². The van der Waals surface area contributed by atoms with Gasteiger partial charge in [0.1, 0.15) is 6.61 Å². The van der Waals surface area contributed by atoms with Crippen molar-refractivity contribution in [3.05, 3.63) is 48.5 Å². The summed E-state index contributed by atoms with van der Waals surface area (Å²) in [5.74, 6) is 1.15. The zero-order chi connectivity index (χ0) is 20.4. The van der Waals surface area contributed by atoms with Crippen molar-refractivity contribution in [2.45, 2.75) is 30.8 Å². The maximum Gasteiger partial charge on any atom is 0.269 e. The van der Waals surface area contributed by atoms with Gasteiger partial charge in [0.25, 0.3) is 5.91 Å². The molecule has 0 aromatic heterocycles. The normalized spacial score (nSPS) is 22.1. The second-order valence-electron chi connectivity index (χ2n) is 7.49. The van der Waals surface area contributed by atoms with E-state index in [0.29, 0.717) is 36.2 Å². The minimum atomic E-state index is -3.52. The first-order valence-electron chi connectivity index (χ1n) is 9.73. The van der Waals surface area contributed by atoms with Crippen LogP contribution in [0, 0.1) is 5.92 Å². The lowest BCUT2D eigenvalue weighted by molar-refractivity contribution is -0.125. The Morgan fingerprint density at radius 2 is 1.83 bits per heavy atom. The fourth-order valence-corrected chi connectivity index (χ4v) is 5.19. The van der Waals surface area contributed by atoms with Crippen molar-refractivity contribution in [1.82, 2.24) is 4.31 Å². The summed E-state index contributed by atoms with van der Waals surface area (Å²) in [5.41, 5.74) is 0.503. The molecule has 2 aromatic rings. The van der Waals surface area contributed by atoms with Crippen molar-refractivity contribution in [3.63, 3.8) is 0 Å². The van der Waals surface area contributed by atoms with E-state index in [-0.39, 0.29) is 17.4 Å². The number of amides is 1. The Kier molecular flexibility index (Phi) is 5.47. The third kappa shape index (κ3) is 4.23. The Hall–Kier alpha value is -2.58. The zero-order valence-corrected chi connectivity index (χ0v) is 17.0. The highest BCUT2D eigenvalue weighted by Gasteiger charge is 2.29. The van der Waals surface area contributed by atoms with Gasteiger partial charge in [-0.1, -0.05) is 19.1 Å². The van der Waals surface area contributed by atoms with E-state index in [0.717, 1.165) is 12.8 Å². The molecule has 2 aromatic carbocycles. The number of carbonyl (C=O) groups is 1. The van der Waals surface area contributed by atoms with Crippen molar-refractivity contribution in [1.29, 1.82) is 0 Å². The molecule has 0 radical (unpaired) electrons. The molecule has 0 spiro atoms. The van der Waals surface area contributed by atoms with Crippen LogP contribution in [0.1, 0.15) is 19.8 Å². The second kappa shape index (κ2) is 8.04. The number of ether oxygens (including phenoxy) is 2. The lowest BCUT2D eigenvalue weighted by atomic mass is 10.0. The van der Waals surface area contributed by atoms with Gasteiger partial charge in [-0.3, -0.25) is 4.79 Å². The van der Waals surface area contributed by atoms with Gasteiger partial charge in [-0.05, 0) is 55.2 Å². The summed E-state index contributed by atoms with van der Waals surface area (Å²) in [6.45, 7) is 3.27. The molecule has 154 valence electrons. The van der Waals surface area contributed by atoms with Crippen molar-refractivity contribution >= 4 is 21.6 Å². The molecule has 7 nitrogen and oxygen atoms in total. The van der Waals surface area contributed by atoms with Crippen molar-refractivity contribution in [3.8, 4) is 11.5 Å². The number of nitrogens with zero attached hydrogens (tertiary/aromatic N) is 1. The van der Waals surface area contributed by atoms with Gasteiger partial charge in [0, 0.05) is 18.8 Å². The number of para-hydroxylation sites is 2. The molecule has 2 atom stereocenters. The Bertz CT molecular complexity index is 990. The Morgan fingerprint density at radius 1 is 1.10 bits per heavy atom. The third-order valence-electron chi connectivity index (χ3n) is 5.18. The van der Waals surface area contributed by atoms with E-state index in [1.165, 1.54) is 12.1 Å². The predicted octanol–water partition coefficient (Wildman–Crippen LogP) is 2.89. The molecule has 1 fully saturated rings. The molecule has 1 N–H and O–H groups in total. The van der Waals surface area contributed by atoms with Gasteiger partial charge >= 0.3 is 0 Å². The molecule has 29 heavy (non-hydrogen) atoms. The number of sulfonamides is 1. The lowest BCUT2D eigenvalue weighted by Gasteiger charge is -2.30. The van der Waals surface area contributed by atoms with E-state index < -0.39 is 16.1 Å². The van der Waals surface area contributed by atoms with Crippen LogP contribution in [-0.4, -0.2) is 44.4 Å². The van der Waals surface area contributed by atoms with Crippen molar-refractivity contribution in [2.24, 2.45) is 5.92 Å². The van der Waals surface area contributed by atoms with Gasteiger partial charge in [-0.2, -0.15) is 4.31 Å². The number of fused-ring (bicyclic) bond motifs is 1. The molecule has 2 aliphatic rings. The van der Waals surface area contributed by atoms with Crippen LogP contribution in [0.25, 0.3) is 0 Å². The zero-order valence-electron chi connectivity index (χ0n) is 16.2. The Balaban J connectivity index is 1.41. The number of anilines is 1. The number of rotatable bonds is 4. The quantitative estimate of drug-likeness (QED) is 0.828. The maximum atomic E-state index is 12.8. The van der Waals surface area contributed by atoms with E-state index in [2.05, 4.69) is 12.2 Å². The topological polar surface area (TPSA) is 84.9 Å². The average molecular weight is 416 g/mol. The number of benzene rings is 2. The molecule has 0 saturated carbocycles. The predicted molar refractivity (Wildman–Crippen MR) is 109 cm³/mol. The molecule has 8 heteroatoms. The maximum absolute atomic E-state index is 12.8. The monoisotopic (exact) mass is 416 g/mol. The minimum Gasteiger partial charge on any atom is -0.485 e. The van der Waals surface area contributed by atoms with Crippen LogP contribution in [-0.2, 0) is 14.8 Å². The first kappa shape index (κ1) is 19.7. The molecular formula is C21H24N2O5S. The van der Waals surface area contributed by atoms with Crippen LogP contribution in [0.15, 0.2) is 53.4 Å². The third-order valence-corrected chi connectivity index (χ3v) is 7.06. The molecule has 4 rings (SSSR count). The van der Waals surface area contributed by atoms with E-state index >= 15 is 0 Å². The van der Waals surface area contributed by atoms with Gasteiger partial charge in [0.15, 0.2) is 11.5 Å². The van der Waals surface area contributed by atoms with Crippen LogP contribution in [0.3, 0.4) is 0 Å². The lowest BCUT2D eigenvalue weighted by Crippen LogP contribution is -2.40. The van der Waals surface area contributed by atoms with Crippen LogP contribution in [0.5, 0.6) is 11.5 Å². The highest BCUT2D eigenvalue weighted by molar-refractivity contribution is 7.89. The minimum absolute atomic E-state index is 0.114. The summed E-state index contributed by atoms with van der Waals surface area (Å²) in [5, 5.41) is 2.76. The van der Waals surface area contributed by atoms with Crippen molar-refractivity contribution in [2.75, 3.05) is 25.0 Å². The fraction of sp³-hybridized carbons (Fsp3) is 0.381. The summed E-state index contributed by atoms with van der Waals surface area (Å²) in [7, 11) is -3.52. The molecule has 0 bridgehead atoms. The summed E-state index contributed by atoms with van der Waals surface area (Å²) in [4.78, 5) is 12.7. The van der Waals surface area contributed by atoms with Crippen LogP contribution in [0.2, 0.25) is 0 Å². The molecule has 0 unspecified atom stereocenters. The summed E-state index contributed by atoms with van der Waals surface area (Å²) in [6.07, 6.45) is 1.15. The molecule has 0 aliphatic carbocycles. The van der Waals surface area contributed by atoms with E-state index in [9.17, 15) is 13.2 Å². The summed E-state index contributed by atoms with van der Waals surface area (Å²) >= 11 is 0. The highest BCUT2D eigenvalue weighted by atomic mass is 32.2. The summed E-state index contributed by atoms with van der Waals surface area (Å²) in [6, 6.07) is 13.4. The fourth-order valence-electron chi connectivity index (χ4n) is 3.60. The van der Waals surface area contributed by atoms with Gasteiger partial charge in [0.2, 0.25) is 16.1 Å².